The van der Waals surface area contributed by atoms with E-state index < -0.39 is 0 Å². The molecule has 0 saturated carbocycles. The van der Waals surface area contributed by atoms with Crippen LogP contribution >= 0.6 is 23.2 Å². The molecule has 1 nitrogen and oxygen atoms in total. The second kappa shape index (κ2) is 4.77. The van der Waals surface area contributed by atoms with Crippen molar-refractivity contribution in [2.24, 2.45) is 0 Å². The first-order valence-electron chi connectivity index (χ1n) is 7.02. The van der Waals surface area contributed by atoms with Crippen molar-refractivity contribution in [3.8, 4) is 11.1 Å². The molecule has 2 unspecified atom stereocenters. The van der Waals surface area contributed by atoms with Crippen LogP contribution in [0.25, 0.3) is 11.1 Å². The minimum Gasteiger partial charge on any atom is -0.316 e. The Morgan fingerprint density at radius 3 is 2.25 bits per heavy atom. The summed E-state index contributed by atoms with van der Waals surface area (Å²) in [5.41, 5.74) is 5.34. The van der Waals surface area contributed by atoms with Gasteiger partial charge in [-0.05, 0) is 58.7 Å². The lowest BCUT2D eigenvalue weighted by molar-refractivity contribution is 0.454. The van der Waals surface area contributed by atoms with E-state index in [4.69, 9.17) is 23.2 Å². The number of benzene rings is 2. The summed E-state index contributed by atoms with van der Waals surface area (Å²) in [5, 5.41) is 4.91. The predicted molar refractivity (Wildman–Crippen MR) is 84.9 cm³/mol. The SMILES string of the molecule is Clc1cc(Cl)cc(-c2ccc3c(c2)C2CNCC3C2)c1. The number of hydrogen-bond donors (Lipinski definition) is 1. The fourth-order valence-electron chi connectivity index (χ4n) is 3.62. The average Bonchev–Trinajstić information content (AvgIpc) is 2.69. The van der Waals surface area contributed by atoms with Gasteiger partial charge in [0, 0.05) is 23.1 Å². The number of nitrogens with one attached hydrogen (secondary N) is 1. The summed E-state index contributed by atoms with van der Waals surface area (Å²) in [6.45, 7) is 2.22. The normalized spacial score (nSPS) is 23.7. The fourth-order valence-corrected chi connectivity index (χ4v) is 4.14. The van der Waals surface area contributed by atoms with E-state index in [0.717, 1.165) is 18.7 Å². The number of piperidine rings is 1. The second-order valence-corrected chi connectivity index (χ2v) is 6.66. The van der Waals surface area contributed by atoms with Crippen molar-refractivity contribution in [2.75, 3.05) is 13.1 Å². The molecule has 0 aromatic heterocycles. The van der Waals surface area contributed by atoms with E-state index in [1.807, 2.05) is 12.1 Å². The lowest BCUT2D eigenvalue weighted by Gasteiger charge is -2.19. The molecule has 102 valence electrons. The highest BCUT2D eigenvalue weighted by Gasteiger charge is 2.33. The van der Waals surface area contributed by atoms with Crippen molar-refractivity contribution in [1.29, 1.82) is 0 Å². The Hall–Kier alpha value is -1.02. The zero-order chi connectivity index (χ0) is 13.7. The van der Waals surface area contributed by atoms with Gasteiger partial charge < -0.3 is 5.32 Å². The molecule has 4 rings (SSSR count). The standard InChI is InChI=1S/C17H15Cl2N/c18-14-4-11(5-15(19)7-14)10-1-2-16-12-3-13(9-20-8-12)17(16)6-10/h1-2,4-7,12-13,20H,3,8-9H2. The van der Waals surface area contributed by atoms with Crippen molar-refractivity contribution in [3.63, 3.8) is 0 Å². The summed E-state index contributed by atoms with van der Waals surface area (Å²) in [7, 11) is 0. The third kappa shape index (κ3) is 2.05. The molecule has 2 atom stereocenters. The van der Waals surface area contributed by atoms with Gasteiger partial charge in [0.25, 0.3) is 0 Å². The predicted octanol–water partition coefficient (Wildman–Crippen LogP) is 4.83. The molecule has 0 amide bonds. The van der Waals surface area contributed by atoms with Gasteiger partial charge in [0.2, 0.25) is 0 Å². The third-order valence-electron chi connectivity index (χ3n) is 4.51. The van der Waals surface area contributed by atoms with Crippen molar-refractivity contribution >= 4 is 23.2 Å². The summed E-state index contributed by atoms with van der Waals surface area (Å²) < 4.78 is 0. The summed E-state index contributed by atoms with van der Waals surface area (Å²) >= 11 is 12.2. The Morgan fingerprint density at radius 1 is 0.800 bits per heavy atom. The molecule has 0 spiro atoms. The van der Waals surface area contributed by atoms with E-state index in [1.54, 1.807) is 6.07 Å². The molecule has 1 aliphatic carbocycles. The molecular formula is C17H15Cl2N. The van der Waals surface area contributed by atoms with E-state index in [0.29, 0.717) is 21.9 Å². The molecule has 0 radical (unpaired) electrons. The van der Waals surface area contributed by atoms with Crippen LogP contribution in [0.5, 0.6) is 0 Å². The first kappa shape index (κ1) is 12.7. The van der Waals surface area contributed by atoms with Crippen LogP contribution in [0.4, 0.5) is 0 Å². The Labute approximate surface area is 128 Å². The van der Waals surface area contributed by atoms with Crippen molar-refractivity contribution in [2.45, 2.75) is 18.3 Å². The zero-order valence-electron chi connectivity index (χ0n) is 11.0. The van der Waals surface area contributed by atoms with Crippen LogP contribution in [0, 0.1) is 0 Å². The topological polar surface area (TPSA) is 12.0 Å². The van der Waals surface area contributed by atoms with Crippen LogP contribution in [0.3, 0.4) is 0 Å². The molecule has 2 bridgehead atoms. The van der Waals surface area contributed by atoms with E-state index >= 15 is 0 Å². The Kier molecular flexibility index (Phi) is 3.03. The van der Waals surface area contributed by atoms with E-state index in [2.05, 4.69) is 23.5 Å². The molecular weight excluding hydrogens is 289 g/mol. The monoisotopic (exact) mass is 303 g/mol. The second-order valence-electron chi connectivity index (χ2n) is 5.79. The maximum absolute atomic E-state index is 6.11. The molecule has 1 heterocycles. The molecule has 1 N–H and O–H groups in total. The van der Waals surface area contributed by atoms with Crippen molar-refractivity contribution in [1.82, 2.24) is 5.32 Å². The highest BCUT2D eigenvalue weighted by Crippen LogP contribution is 2.45. The number of fused-ring (bicyclic) bond motifs is 5. The number of halogens is 2. The zero-order valence-corrected chi connectivity index (χ0v) is 12.5. The van der Waals surface area contributed by atoms with E-state index in [1.165, 1.54) is 23.1 Å². The Morgan fingerprint density at radius 2 is 1.50 bits per heavy atom. The Bertz CT molecular complexity index is 660. The quantitative estimate of drug-likeness (QED) is 0.795. The number of hydrogen-bond acceptors (Lipinski definition) is 1. The van der Waals surface area contributed by atoms with Crippen LogP contribution in [0.15, 0.2) is 36.4 Å². The van der Waals surface area contributed by atoms with Crippen LogP contribution in [-0.4, -0.2) is 13.1 Å². The Balaban J connectivity index is 1.81. The van der Waals surface area contributed by atoms with Crippen LogP contribution in [0.2, 0.25) is 10.0 Å². The molecule has 1 fully saturated rings. The summed E-state index contributed by atoms with van der Waals surface area (Å²) in [6, 6.07) is 12.5. The molecule has 3 heteroatoms. The lowest BCUT2D eigenvalue weighted by atomic mass is 9.96. The molecule has 20 heavy (non-hydrogen) atoms. The van der Waals surface area contributed by atoms with Gasteiger partial charge in [0.1, 0.15) is 0 Å². The summed E-state index contributed by atoms with van der Waals surface area (Å²) in [6.07, 6.45) is 1.29. The highest BCUT2D eigenvalue weighted by molar-refractivity contribution is 6.35. The van der Waals surface area contributed by atoms with Gasteiger partial charge in [-0.1, -0.05) is 41.4 Å². The van der Waals surface area contributed by atoms with E-state index in [9.17, 15) is 0 Å². The maximum atomic E-state index is 6.11. The minimum absolute atomic E-state index is 0.665. The number of rotatable bonds is 1. The van der Waals surface area contributed by atoms with Gasteiger partial charge in [-0.25, -0.2) is 0 Å². The first-order valence-corrected chi connectivity index (χ1v) is 7.77. The van der Waals surface area contributed by atoms with Crippen LogP contribution in [-0.2, 0) is 0 Å². The highest BCUT2D eigenvalue weighted by atomic mass is 35.5. The molecule has 2 aromatic carbocycles. The third-order valence-corrected chi connectivity index (χ3v) is 4.95. The van der Waals surface area contributed by atoms with Gasteiger partial charge >= 0.3 is 0 Å². The lowest BCUT2D eigenvalue weighted by Crippen LogP contribution is -2.28. The molecule has 2 aromatic rings. The first-order chi connectivity index (χ1) is 9.70. The van der Waals surface area contributed by atoms with Gasteiger partial charge in [-0.3, -0.25) is 0 Å². The van der Waals surface area contributed by atoms with Gasteiger partial charge in [0.15, 0.2) is 0 Å². The average molecular weight is 304 g/mol. The molecule has 1 saturated heterocycles. The smallest absolute Gasteiger partial charge is 0.0426 e. The minimum atomic E-state index is 0.665. The van der Waals surface area contributed by atoms with Crippen LogP contribution in [0.1, 0.15) is 29.4 Å². The van der Waals surface area contributed by atoms with E-state index in [-0.39, 0.29) is 0 Å². The fraction of sp³-hybridized carbons (Fsp3) is 0.294. The molecule has 1 aliphatic heterocycles. The van der Waals surface area contributed by atoms with Crippen LogP contribution < -0.4 is 5.32 Å². The summed E-state index contributed by atoms with van der Waals surface area (Å²) in [4.78, 5) is 0. The van der Waals surface area contributed by atoms with Crippen molar-refractivity contribution < 1.29 is 0 Å². The van der Waals surface area contributed by atoms with Gasteiger partial charge in [-0.2, -0.15) is 0 Å². The summed E-state index contributed by atoms with van der Waals surface area (Å²) in [5.74, 6) is 1.36. The van der Waals surface area contributed by atoms with Gasteiger partial charge in [-0.15, -0.1) is 0 Å². The molecule has 2 aliphatic rings. The largest absolute Gasteiger partial charge is 0.316 e. The van der Waals surface area contributed by atoms with Crippen molar-refractivity contribution in [3.05, 3.63) is 57.6 Å². The van der Waals surface area contributed by atoms with Gasteiger partial charge in [0.05, 0.1) is 0 Å². The maximum Gasteiger partial charge on any atom is 0.0426 e.